The van der Waals surface area contributed by atoms with E-state index in [9.17, 15) is 5.11 Å². The largest absolute Gasteiger partial charge is 0.396 e. The first-order valence-corrected chi connectivity index (χ1v) is 6.36. The van der Waals surface area contributed by atoms with Crippen LogP contribution in [0.4, 0.5) is 11.5 Å². The average Bonchev–Trinajstić information content (AvgIpc) is 2.33. The molecule has 0 spiro atoms. The lowest BCUT2D eigenvalue weighted by atomic mass is 9.91. The number of hydrogen-bond acceptors (Lipinski definition) is 4. The molecule has 94 valence electrons. The molecular formula is C13H21N3O. The van der Waals surface area contributed by atoms with Crippen LogP contribution in [0.2, 0.25) is 0 Å². The molecule has 1 aliphatic rings. The summed E-state index contributed by atoms with van der Waals surface area (Å²) in [4.78, 5) is 6.54. The van der Waals surface area contributed by atoms with Crippen LogP contribution in [0.25, 0.3) is 0 Å². The van der Waals surface area contributed by atoms with Crippen molar-refractivity contribution in [2.24, 2.45) is 5.92 Å². The van der Waals surface area contributed by atoms with Gasteiger partial charge in [0.2, 0.25) is 0 Å². The summed E-state index contributed by atoms with van der Waals surface area (Å²) in [6, 6.07) is 3.73. The predicted octanol–water partition coefficient (Wildman–Crippen LogP) is 1.65. The molecule has 0 aliphatic carbocycles. The van der Waals surface area contributed by atoms with Gasteiger partial charge in [-0.15, -0.1) is 0 Å². The van der Waals surface area contributed by atoms with Gasteiger partial charge in [0.15, 0.2) is 5.82 Å². The molecule has 17 heavy (non-hydrogen) atoms. The lowest BCUT2D eigenvalue weighted by molar-refractivity contribution is 0.0828. The van der Waals surface area contributed by atoms with E-state index in [0.29, 0.717) is 5.92 Å². The maximum Gasteiger partial charge on any atom is 0.151 e. The van der Waals surface area contributed by atoms with Gasteiger partial charge in [0, 0.05) is 25.2 Å². The van der Waals surface area contributed by atoms with Crippen LogP contribution in [0.5, 0.6) is 0 Å². The molecule has 2 unspecified atom stereocenters. The first kappa shape index (κ1) is 12.2. The number of piperidine rings is 1. The molecule has 2 heterocycles. The summed E-state index contributed by atoms with van der Waals surface area (Å²) in [7, 11) is 0. The van der Waals surface area contributed by atoms with Crippen molar-refractivity contribution in [1.29, 1.82) is 0 Å². The minimum Gasteiger partial charge on any atom is -0.396 e. The quantitative estimate of drug-likeness (QED) is 0.836. The minimum absolute atomic E-state index is 0.170. The number of nitrogens with two attached hydrogens (primary N) is 1. The Morgan fingerprint density at radius 3 is 3.12 bits per heavy atom. The third-order valence-corrected chi connectivity index (χ3v) is 3.47. The Balaban J connectivity index is 2.10. The molecule has 0 amide bonds. The summed E-state index contributed by atoms with van der Waals surface area (Å²) in [5.74, 6) is 1.20. The lowest BCUT2D eigenvalue weighted by Gasteiger charge is -2.37. The Bertz CT molecular complexity index is 369. The van der Waals surface area contributed by atoms with Crippen molar-refractivity contribution in [2.45, 2.75) is 32.3 Å². The van der Waals surface area contributed by atoms with E-state index in [0.717, 1.165) is 43.9 Å². The smallest absolute Gasteiger partial charge is 0.151 e. The summed E-state index contributed by atoms with van der Waals surface area (Å²) in [5, 5.41) is 9.96. The highest BCUT2D eigenvalue weighted by Gasteiger charge is 2.28. The second-order valence-corrected chi connectivity index (χ2v) is 4.77. The van der Waals surface area contributed by atoms with E-state index in [1.807, 2.05) is 12.1 Å². The molecule has 1 fully saturated rings. The van der Waals surface area contributed by atoms with Crippen molar-refractivity contribution >= 4 is 11.5 Å². The van der Waals surface area contributed by atoms with Crippen molar-refractivity contribution < 1.29 is 5.11 Å². The van der Waals surface area contributed by atoms with Crippen LogP contribution in [0, 0.1) is 5.92 Å². The highest BCUT2D eigenvalue weighted by atomic mass is 16.3. The number of aliphatic hydroxyl groups excluding tert-OH is 1. The maximum absolute atomic E-state index is 9.96. The molecule has 2 rings (SSSR count). The molecule has 0 aromatic carbocycles. The molecule has 1 aliphatic heterocycles. The van der Waals surface area contributed by atoms with Crippen molar-refractivity contribution in [1.82, 2.24) is 4.98 Å². The Hall–Kier alpha value is -1.29. The Morgan fingerprint density at radius 2 is 2.41 bits per heavy atom. The van der Waals surface area contributed by atoms with E-state index in [-0.39, 0.29) is 6.10 Å². The van der Waals surface area contributed by atoms with Gasteiger partial charge in [-0.05, 0) is 25.0 Å². The number of aliphatic hydroxyl groups is 1. The summed E-state index contributed by atoms with van der Waals surface area (Å²) in [5.41, 5.74) is 6.66. The highest BCUT2D eigenvalue weighted by Crippen LogP contribution is 2.27. The SMILES string of the molecule is CCCC1CN(c2ncccc2N)CCC1O. The van der Waals surface area contributed by atoms with Gasteiger partial charge in [0.1, 0.15) is 0 Å². The number of nitrogens with zero attached hydrogens (tertiary/aromatic N) is 2. The number of rotatable bonds is 3. The van der Waals surface area contributed by atoms with Gasteiger partial charge in [0.05, 0.1) is 11.8 Å². The van der Waals surface area contributed by atoms with Crippen LogP contribution in [0.15, 0.2) is 18.3 Å². The molecule has 1 aromatic rings. The minimum atomic E-state index is -0.170. The fourth-order valence-electron chi connectivity index (χ4n) is 2.54. The zero-order valence-electron chi connectivity index (χ0n) is 10.3. The number of anilines is 2. The predicted molar refractivity (Wildman–Crippen MR) is 69.9 cm³/mol. The molecule has 0 radical (unpaired) electrons. The molecule has 4 heteroatoms. The Morgan fingerprint density at radius 1 is 1.59 bits per heavy atom. The summed E-state index contributed by atoms with van der Waals surface area (Å²) < 4.78 is 0. The van der Waals surface area contributed by atoms with E-state index >= 15 is 0 Å². The molecule has 3 N–H and O–H groups in total. The fraction of sp³-hybridized carbons (Fsp3) is 0.615. The van der Waals surface area contributed by atoms with Gasteiger partial charge < -0.3 is 15.7 Å². The topological polar surface area (TPSA) is 62.4 Å². The lowest BCUT2D eigenvalue weighted by Crippen LogP contribution is -2.43. The number of aromatic nitrogens is 1. The van der Waals surface area contributed by atoms with Crippen LogP contribution < -0.4 is 10.6 Å². The maximum atomic E-state index is 9.96. The van der Waals surface area contributed by atoms with Crippen LogP contribution in [0.1, 0.15) is 26.2 Å². The van der Waals surface area contributed by atoms with E-state index in [1.165, 1.54) is 0 Å². The highest BCUT2D eigenvalue weighted by molar-refractivity contribution is 5.62. The van der Waals surface area contributed by atoms with Gasteiger partial charge >= 0.3 is 0 Å². The van der Waals surface area contributed by atoms with Gasteiger partial charge in [0.25, 0.3) is 0 Å². The van der Waals surface area contributed by atoms with E-state index < -0.39 is 0 Å². The number of pyridine rings is 1. The zero-order chi connectivity index (χ0) is 12.3. The first-order chi connectivity index (χ1) is 8.22. The molecule has 0 bridgehead atoms. The number of nitrogen functional groups attached to an aromatic ring is 1. The average molecular weight is 235 g/mol. The normalized spacial score (nSPS) is 24.9. The third-order valence-electron chi connectivity index (χ3n) is 3.47. The summed E-state index contributed by atoms with van der Waals surface area (Å²) >= 11 is 0. The third kappa shape index (κ3) is 2.69. The second-order valence-electron chi connectivity index (χ2n) is 4.77. The Labute approximate surface area is 102 Å². The summed E-state index contributed by atoms with van der Waals surface area (Å²) in [6.07, 6.45) is 4.57. The first-order valence-electron chi connectivity index (χ1n) is 6.36. The van der Waals surface area contributed by atoms with Gasteiger partial charge in [-0.2, -0.15) is 0 Å². The second kappa shape index (κ2) is 5.36. The van der Waals surface area contributed by atoms with E-state index in [2.05, 4.69) is 16.8 Å². The van der Waals surface area contributed by atoms with Crippen molar-refractivity contribution in [3.05, 3.63) is 18.3 Å². The molecular weight excluding hydrogens is 214 g/mol. The van der Waals surface area contributed by atoms with Crippen molar-refractivity contribution in [3.8, 4) is 0 Å². The van der Waals surface area contributed by atoms with Crippen LogP contribution in [-0.2, 0) is 0 Å². The molecule has 0 saturated carbocycles. The molecule has 1 aromatic heterocycles. The molecule has 4 nitrogen and oxygen atoms in total. The van der Waals surface area contributed by atoms with Crippen LogP contribution in [0.3, 0.4) is 0 Å². The zero-order valence-corrected chi connectivity index (χ0v) is 10.3. The van der Waals surface area contributed by atoms with Crippen molar-refractivity contribution in [3.63, 3.8) is 0 Å². The standard InChI is InChI=1S/C13H21N3O/c1-2-4-10-9-16(8-6-12(10)17)13-11(14)5-3-7-15-13/h3,5,7,10,12,17H,2,4,6,8-9,14H2,1H3. The van der Waals surface area contributed by atoms with Crippen molar-refractivity contribution in [2.75, 3.05) is 23.7 Å². The number of hydrogen-bond donors (Lipinski definition) is 2. The fourth-order valence-corrected chi connectivity index (χ4v) is 2.54. The van der Waals surface area contributed by atoms with Gasteiger partial charge in [-0.1, -0.05) is 13.3 Å². The molecule has 1 saturated heterocycles. The van der Waals surface area contributed by atoms with Gasteiger partial charge in [-0.25, -0.2) is 4.98 Å². The summed E-state index contributed by atoms with van der Waals surface area (Å²) in [6.45, 7) is 3.85. The van der Waals surface area contributed by atoms with E-state index in [1.54, 1.807) is 6.20 Å². The molecule has 2 atom stereocenters. The van der Waals surface area contributed by atoms with Crippen LogP contribution in [-0.4, -0.2) is 29.3 Å². The monoisotopic (exact) mass is 235 g/mol. The van der Waals surface area contributed by atoms with E-state index in [4.69, 9.17) is 5.73 Å². The Kier molecular flexibility index (Phi) is 3.84. The van der Waals surface area contributed by atoms with Gasteiger partial charge in [-0.3, -0.25) is 0 Å². The van der Waals surface area contributed by atoms with Crippen LogP contribution >= 0.6 is 0 Å².